The Morgan fingerprint density at radius 3 is 2.64 bits per heavy atom. The van der Waals surface area contributed by atoms with Crippen molar-refractivity contribution in [2.24, 2.45) is 0 Å². The van der Waals surface area contributed by atoms with Crippen LogP contribution in [0.15, 0.2) is 36.7 Å². The molecule has 9 nitrogen and oxygen atoms in total. The standard InChI is InChI=1S/C31H41ClN6O3Si/c1-20(2)39-11-12-40-28-26(15-23(32)17-35-28)38-29-34-10-9-25(37-29)21-13-22(16-33)27-24(14-21)31(6,18-36-27)19-41-42(7,8)30(3,4)5/h9-10,13-15,17,20,36H,11-12,18-19H2,1-8H3,(H,34,37,38)/t31-/m1/s1. The first-order valence-electron chi connectivity index (χ1n) is 14.2. The van der Waals surface area contributed by atoms with E-state index in [4.69, 9.17) is 30.5 Å². The van der Waals surface area contributed by atoms with Crippen LogP contribution in [0, 0.1) is 11.3 Å². The summed E-state index contributed by atoms with van der Waals surface area (Å²) in [6.45, 7) is 19.4. The van der Waals surface area contributed by atoms with Crippen molar-refractivity contribution in [3.05, 3.63) is 52.8 Å². The first kappa shape index (κ1) is 31.7. The van der Waals surface area contributed by atoms with Crippen molar-refractivity contribution in [3.8, 4) is 23.2 Å². The number of anilines is 3. The number of halogens is 1. The van der Waals surface area contributed by atoms with E-state index < -0.39 is 8.32 Å². The molecule has 0 fully saturated rings. The lowest BCUT2D eigenvalue weighted by Crippen LogP contribution is -2.45. The molecule has 1 atom stereocenters. The lowest BCUT2D eigenvalue weighted by Gasteiger charge is -2.39. The summed E-state index contributed by atoms with van der Waals surface area (Å²) in [5.74, 6) is 0.717. The van der Waals surface area contributed by atoms with E-state index in [0.717, 1.165) is 16.8 Å². The summed E-state index contributed by atoms with van der Waals surface area (Å²) in [5.41, 5.74) is 4.24. The minimum Gasteiger partial charge on any atom is -0.474 e. The normalized spacial score (nSPS) is 16.6. The van der Waals surface area contributed by atoms with Gasteiger partial charge in [0.2, 0.25) is 11.8 Å². The van der Waals surface area contributed by atoms with E-state index in [0.29, 0.717) is 60.2 Å². The second kappa shape index (κ2) is 12.6. The van der Waals surface area contributed by atoms with Crippen molar-refractivity contribution < 1.29 is 13.9 Å². The highest BCUT2D eigenvalue weighted by Gasteiger charge is 2.42. The van der Waals surface area contributed by atoms with Crippen molar-refractivity contribution in [2.75, 3.05) is 37.0 Å². The molecule has 3 aromatic rings. The Kier molecular flexibility index (Phi) is 9.48. The van der Waals surface area contributed by atoms with Crippen LogP contribution in [0.1, 0.15) is 52.7 Å². The molecule has 2 N–H and O–H groups in total. The quantitative estimate of drug-likeness (QED) is 0.171. The zero-order chi connectivity index (χ0) is 30.7. The lowest BCUT2D eigenvalue weighted by atomic mass is 9.83. The third-order valence-corrected chi connectivity index (χ3v) is 12.6. The molecule has 1 aliphatic heterocycles. The Balaban J connectivity index is 1.61. The molecular weight excluding hydrogens is 568 g/mol. The van der Waals surface area contributed by atoms with Gasteiger partial charge in [0.05, 0.1) is 34.7 Å². The summed E-state index contributed by atoms with van der Waals surface area (Å²) in [6.07, 6.45) is 3.31. The van der Waals surface area contributed by atoms with Gasteiger partial charge in [-0.1, -0.05) is 39.3 Å². The van der Waals surface area contributed by atoms with Crippen LogP contribution in [-0.4, -0.2) is 55.7 Å². The van der Waals surface area contributed by atoms with Crippen molar-refractivity contribution in [1.82, 2.24) is 15.0 Å². The number of hydrogen-bond acceptors (Lipinski definition) is 9. The third kappa shape index (κ3) is 7.21. The molecule has 0 saturated heterocycles. The highest BCUT2D eigenvalue weighted by atomic mass is 35.5. The third-order valence-electron chi connectivity index (χ3n) is 7.91. The van der Waals surface area contributed by atoms with Gasteiger partial charge in [0.1, 0.15) is 18.4 Å². The second-order valence-corrected chi connectivity index (χ2v) is 17.9. The summed E-state index contributed by atoms with van der Waals surface area (Å²) in [5, 5.41) is 17.3. The molecule has 2 aromatic heterocycles. The number of nitrogens with zero attached hydrogens (tertiary/aromatic N) is 4. The molecule has 0 spiro atoms. The van der Waals surface area contributed by atoms with Gasteiger partial charge in [-0.25, -0.2) is 15.0 Å². The highest BCUT2D eigenvalue weighted by molar-refractivity contribution is 6.74. The number of nitriles is 1. The fraction of sp³-hybridized carbons (Fsp3) is 0.484. The molecule has 0 radical (unpaired) electrons. The molecule has 224 valence electrons. The zero-order valence-corrected chi connectivity index (χ0v) is 27.5. The van der Waals surface area contributed by atoms with Crippen molar-refractivity contribution in [3.63, 3.8) is 0 Å². The fourth-order valence-electron chi connectivity index (χ4n) is 4.36. The molecule has 0 unspecified atom stereocenters. The van der Waals surface area contributed by atoms with Gasteiger partial charge in [0.15, 0.2) is 8.32 Å². The monoisotopic (exact) mass is 608 g/mol. The number of hydrogen-bond donors (Lipinski definition) is 2. The summed E-state index contributed by atoms with van der Waals surface area (Å²) < 4.78 is 18.1. The molecule has 0 saturated carbocycles. The van der Waals surface area contributed by atoms with Crippen LogP contribution < -0.4 is 15.4 Å². The van der Waals surface area contributed by atoms with E-state index in [-0.39, 0.29) is 16.6 Å². The largest absolute Gasteiger partial charge is 0.474 e. The van der Waals surface area contributed by atoms with E-state index in [1.807, 2.05) is 26.0 Å². The Hall–Kier alpha value is -3.23. The Bertz CT molecular complexity index is 1470. The van der Waals surface area contributed by atoms with Gasteiger partial charge in [-0.05, 0) is 61.8 Å². The summed E-state index contributed by atoms with van der Waals surface area (Å²) in [7, 11) is -1.96. The second-order valence-electron chi connectivity index (χ2n) is 12.7. The summed E-state index contributed by atoms with van der Waals surface area (Å²) in [4.78, 5) is 13.5. The molecule has 0 amide bonds. The maximum absolute atomic E-state index is 10.0. The maximum atomic E-state index is 10.0. The number of ether oxygens (including phenoxy) is 2. The van der Waals surface area contributed by atoms with E-state index in [9.17, 15) is 5.26 Å². The predicted molar refractivity (Wildman–Crippen MR) is 170 cm³/mol. The van der Waals surface area contributed by atoms with Crippen LogP contribution in [-0.2, 0) is 14.6 Å². The Morgan fingerprint density at radius 2 is 1.95 bits per heavy atom. The molecule has 1 aliphatic rings. The molecule has 0 aliphatic carbocycles. The van der Waals surface area contributed by atoms with Crippen LogP contribution >= 0.6 is 11.6 Å². The van der Waals surface area contributed by atoms with Gasteiger partial charge in [-0.2, -0.15) is 5.26 Å². The lowest BCUT2D eigenvalue weighted by molar-refractivity contribution is 0.0544. The topological polar surface area (TPSA) is 114 Å². The fourth-order valence-corrected chi connectivity index (χ4v) is 5.63. The van der Waals surface area contributed by atoms with Gasteiger partial charge in [-0.3, -0.25) is 0 Å². The van der Waals surface area contributed by atoms with E-state index >= 15 is 0 Å². The molecule has 3 heterocycles. The van der Waals surface area contributed by atoms with Gasteiger partial charge in [0, 0.05) is 36.5 Å². The zero-order valence-electron chi connectivity index (χ0n) is 25.8. The first-order valence-corrected chi connectivity index (χ1v) is 17.5. The van der Waals surface area contributed by atoms with Crippen molar-refractivity contribution in [2.45, 2.75) is 71.2 Å². The number of fused-ring (bicyclic) bond motifs is 1. The highest BCUT2D eigenvalue weighted by Crippen LogP contribution is 2.44. The minimum atomic E-state index is -1.96. The SMILES string of the molecule is CC(C)OCCOc1ncc(Cl)cc1Nc1nccc(-c2cc(C#N)c3c(c2)[C@@](C)(CO[Si](C)(C)C(C)(C)C)CN3)n1. The predicted octanol–water partition coefficient (Wildman–Crippen LogP) is 7.32. The van der Waals surface area contributed by atoms with Gasteiger partial charge in [-0.15, -0.1) is 0 Å². The molecule has 1 aromatic carbocycles. The van der Waals surface area contributed by atoms with Gasteiger partial charge < -0.3 is 24.5 Å². The number of nitrogens with one attached hydrogen (secondary N) is 2. The number of benzene rings is 1. The average molecular weight is 609 g/mol. The molecule has 42 heavy (non-hydrogen) atoms. The number of rotatable bonds is 11. The van der Waals surface area contributed by atoms with E-state index in [2.05, 4.69) is 73.5 Å². The average Bonchev–Trinajstić information content (AvgIpc) is 3.26. The van der Waals surface area contributed by atoms with Crippen LogP contribution in [0.3, 0.4) is 0 Å². The molecule has 11 heteroatoms. The summed E-state index contributed by atoms with van der Waals surface area (Å²) in [6, 6.07) is 9.89. The Labute approximate surface area is 255 Å². The Morgan fingerprint density at radius 1 is 1.19 bits per heavy atom. The molecule has 0 bridgehead atoms. The van der Waals surface area contributed by atoms with Crippen LogP contribution in [0.5, 0.6) is 5.88 Å². The minimum absolute atomic E-state index is 0.105. The number of aromatic nitrogens is 3. The van der Waals surface area contributed by atoms with Crippen LogP contribution in [0.25, 0.3) is 11.3 Å². The van der Waals surface area contributed by atoms with Crippen molar-refractivity contribution >= 4 is 37.2 Å². The van der Waals surface area contributed by atoms with E-state index in [1.54, 1.807) is 12.3 Å². The maximum Gasteiger partial charge on any atom is 0.237 e. The van der Waals surface area contributed by atoms with Gasteiger partial charge in [0.25, 0.3) is 0 Å². The smallest absolute Gasteiger partial charge is 0.237 e. The number of pyridine rings is 1. The van der Waals surface area contributed by atoms with Crippen molar-refractivity contribution in [1.29, 1.82) is 5.26 Å². The van der Waals surface area contributed by atoms with E-state index in [1.165, 1.54) is 6.20 Å². The van der Waals surface area contributed by atoms with Gasteiger partial charge >= 0.3 is 0 Å². The summed E-state index contributed by atoms with van der Waals surface area (Å²) >= 11 is 6.24. The first-order chi connectivity index (χ1) is 19.7. The molecular formula is C31H41ClN6O3Si. The molecule has 4 rings (SSSR count). The van der Waals surface area contributed by atoms with Crippen LogP contribution in [0.4, 0.5) is 17.3 Å². The van der Waals surface area contributed by atoms with Crippen LogP contribution in [0.2, 0.25) is 23.2 Å².